The van der Waals surface area contributed by atoms with Crippen molar-refractivity contribution in [2.75, 3.05) is 52.5 Å². The van der Waals surface area contributed by atoms with Crippen molar-refractivity contribution in [2.24, 2.45) is 0 Å². The van der Waals surface area contributed by atoms with Crippen molar-refractivity contribution in [1.29, 1.82) is 0 Å². The van der Waals surface area contributed by atoms with E-state index in [1.165, 1.54) is 6.39 Å². The van der Waals surface area contributed by atoms with Crippen LogP contribution in [-0.2, 0) is 4.74 Å². The van der Waals surface area contributed by atoms with Crippen LogP contribution in [0.1, 0.15) is 53.0 Å². The second-order valence-corrected chi connectivity index (χ2v) is 8.35. The minimum atomic E-state index is -0.284. The van der Waals surface area contributed by atoms with Gasteiger partial charge in [-0.1, -0.05) is 31.0 Å². The first-order valence-corrected chi connectivity index (χ1v) is 11.6. The van der Waals surface area contributed by atoms with Crippen LogP contribution in [-0.4, -0.2) is 79.1 Å². The van der Waals surface area contributed by atoms with Gasteiger partial charge in [-0.05, 0) is 31.9 Å². The number of morpholine rings is 1. The van der Waals surface area contributed by atoms with E-state index in [-0.39, 0.29) is 17.5 Å². The zero-order chi connectivity index (χ0) is 22.2. The molecule has 2 aromatic rings. The molecule has 2 saturated heterocycles. The Kier molecular flexibility index (Phi) is 7.90. The van der Waals surface area contributed by atoms with E-state index < -0.39 is 0 Å². The Hall–Kier alpha value is -2.71. The molecule has 1 N–H and O–H groups in total. The number of nitrogens with zero attached hydrogens (tertiary/aromatic N) is 3. The first-order valence-electron chi connectivity index (χ1n) is 11.6. The molecule has 0 saturated carbocycles. The number of ether oxygens (including phenoxy) is 1. The van der Waals surface area contributed by atoms with E-state index >= 15 is 0 Å². The Morgan fingerprint density at radius 1 is 1.00 bits per heavy atom. The molecule has 0 aliphatic carbocycles. The number of hydrogen-bond acceptors (Lipinski definition) is 6. The lowest BCUT2D eigenvalue weighted by Crippen LogP contribution is -2.38. The average Bonchev–Trinajstić information content (AvgIpc) is 3.17. The highest BCUT2D eigenvalue weighted by atomic mass is 16.5. The lowest BCUT2D eigenvalue weighted by atomic mass is 10.0. The van der Waals surface area contributed by atoms with Crippen LogP contribution >= 0.6 is 0 Å². The van der Waals surface area contributed by atoms with E-state index in [1.807, 2.05) is 23.1 Å². The van der Waals surface area contributed by atoms with E-state index in [2.05, 4.69) is 15.2 Å². The molecule has 2 fully saturated rings. The molecule has 2 aliphatic rings. The molecule has 0 spiro atoms. The van der Waals surface area contributed by atoms with Crippen LogP contribution in [0.2, 0.25) is 0 Å². The van der Waals surface area contributed by atoms with Gasteiger partial charge in [0, 0.05) is 38.3 Å². The molecule has 8 heteroatoms. The van der Waals surface area contributed by atoms with Crippen molar-refractivity contribution in [2.45, 2.75) is 32.1 Å². The molecule has 172 valence electrons. The summed E-state index contributed by atoms with van der Waals surface area (Å²) < 4.78 is 11.0. The van der Waals surface area contributed by atoms with Gasteiger partial charge in [0.15, 0.2) is 17.8 Å². The summed E-state index contributed by atoms with van der Waals surface area (Å²) in [6.45, 7) is 6.40. The van der Waals surface area contributed by atoms with E-state index in [1.54, 1.807) is 6.07 Å². The summed E-state index contributed by atoms with van der Waals surface area (Å²) in [5, 5.41) is 2.94. The molecule has 3 heterocycles. The largest absolute Gasteiger partial charge is 0.443 e. The summed E-state index contributed by atoms with van der Waals surface area (Å²) in [5.41, 5.74) is 1.37. The van der Waals surface area contributed by atoms with Crippen molar-refractivity contribution >= 4 is 11.8 Å². The van der Waals surface area contributed by atoms with Crippen LogP contribution in [0.5, 0.6) is 0 Å². The Morgan fingerprint density at radius 3 is 2.53 bits per heavy atom. The number of likely N-dealkylation sites (tertiary alicyclic amines) is 1. The summed E-state index contributed by atoms with van der Waals surface area (Å²) in [6.07, 6.45) is 6.48. The highest BCUT2D eigenvalue weighted by Crippen LogP contribution is 2.28. The Morgan fingerprint density at radius 2 is 1.75 bits per heavy atom. The van der Waals surface area contributed by atoms with Crippen LogP contribution in [0.3, 0.4) is 0 Å². The summed E-state index contributed by atoms with van der Waals surface area (Å²) in [6, 6.07) is 7.31. The van der Waals surface area contributed by atoms with Gasteiger partial charge in [0.05, 0.1) is 18.8 Å². The average molecular weight is 441 g/mol. The van der Waals surface area contributed by atoms with Gasteiger partial charge in [-0.25, -0.2) is 4.98 Å². The molecular weight excluding hydrogens is 408 g/mol. The fraction of sp³-hybridized carbons (Fsp3) is 0.542. The third-order valence-corrected chi connectivity index (χ3v) is 6.12. The summed E-state index contributed by atoms with van der Waals surface area (Å²) in [7, 11) is 0. The standard InChI is InChI=1S/C24H32N4O4/c29-23(25-10-7-11-27-14-16-31-17-15-27)21-22(32-18-26-21)19-8-3-4-9-20(19)24(30)28-12-5-1-2-6-13-28/h3-4,8-9,18H,1-2,5-7,10-17H2,(H,25,29). The monoisotopic (exact) mass is 440 g/mol. The number of benzene rings is 1. The maximum atomic E-state index is 13.3. The first kappa shape index (κ1) is 22.5. The van der Waals surface area contributed by atoms with Crippen LogP contribution in [0, 0.1) is 0 Å². The maximum absolute atomic E-state index is 13.3. The predicted octanol–water partition coefficient (Wildman–Crippen LogP) is 2.81. The number of rotatable bonds is 7. The van der Waals surface area contributed by atoms with Gasteiger partial charge in [0.25, 0.3) is 11.8 Å². The van der Waals surface area contributed by atoms with E-state index in [9.17, 15) is 9.59 Å². The molecule has 2 aliphatic heterocycles. The van der Waals surface area contributed by atoms with Gasteiger partial charge in [-0.3, -0.25) is 14.5 Å². The number of aromatic nitrogens is 1. The molecule has 0 bridgehead atoms. The number of hydrogen-bond donors (Lipinski definition) is 1. The molecule has 2 amide bonds. The third kappa shape index (κ3) is 5.55. The van der Waals surface area contributed by atoms with Gasteiger partial charge in [-0.15, -0.1) is 0 Å². The van der Waals surface area contributed by atoms with E-state index in [4.69, 9.17) is 9.15 Å². The molecule has 1 aromatic carbocycles. The number of carbonyl (C=O) groups is 2. The Labute approximate surface area is 188 Å². The summed E-state index contributed by atoms with van der Waals surface area (Å²) in [4.78, 5) is 34.5. The number of oxazole rings is 1. The zero-order valence-corrected chi connectivity index (χ0v) is 18.6. The van der Waals surface area contributed by atoms with Gasteiger partial charge in [-0.2, -0.15) is 0 Å². The molecule has 0 radical (unpaired) electrons. The molecule has 0 unspecified atom stereocenters. The first-order chi connectivity index (χ1) is 15.7. The molecule has 8 nitrogen and oxygen atoms in total. The SMILES string of the molecule is O=C(NCCCN1CCOCC1)c1ncoc1-c1ccccc1C(=O)N1CCCCCC1. The van der Waals surface area contributed by atoms with Crippen molar-refractivity contribution < 1.29 is 18.7 Å². The Bertz CT molecular complexity index is 899. The van der Waals surface area contributed by atoms with Crippen molar-refractivity contribution in [3.8, 4) is 11.3 Å². The topological polar surface area (TPSA) is 87.9 Å². The van der Waals surface area contributed by atoms with Crippen molar-refractivity contribution in [3.63, 3.8) is 0 Å². The smallest absolute Gasteiger partial charge is 0.273 e. The molecule has 4 rings (SSSR count). The van der Waals surface area contributed by atoms with E-state index in [0.29, 0.717) is 23.4 Å². The lowest BCUT2D eigenvalue weighted by molar-refractivity contribution is 0.0374. The molecular formula is C24H32N4O4. The van der Waals surface area contributed by atoms with Crippen LogP contribution < -0.4 is 5.32 Å². The summed E-state index contributed by atoms with van der Waals surface area (Å²) >= 11 is 0. The van der Waals surface area contributed by atoms with Gasteiger partial charge in [0.2, 0.25) is 0 Å². The lowest BCUT2D eigenvalue weighted by Gasteiger charge is -2.26. The number of carbonyl (C=O) groups excluding carboxylic acids is 2. The van der Waals surface area contributed by atoms with Gasteiger partial charge >= 0.3 is 0 Å². The zero-order valence-electron chi connectivity index (χ0n) is 18.6. The maximum Gasteiger partial charge on any atom is 0.273 e. The fourth-order valence-electron chi connectivity index (χ4n) is 4.32. The third-order valence-electron chi connectivity index (χ3n) is 6.12. The second-order valence-electron chi connectivity index (χ2n) is 8.35. The fourth-order valence-corrected chi connectivity index (χ4v) is 4.32. The second kappa shape index (κ2) is 11.2. The van der Waals surface area contributed by atoms with Gasteiger partial charge < -0.3 is 19.4 Å². The Balaban J connectivity index is 1.42. The normalized spacial score (nSPS) is 17.7. The highest BCUT2D eigenvalue weighted by molar-refractivity contribution is 6.04. The van der Waals surface area contributed by atoms with Crippen LogP contribution in [0.15, 0.2) is 35.1 Å². The predicted molar refractivity (Wildman–Crippen MR) is 121 cm³/mol. The molecule has 1 aromatic heterocycles. The van der Waals surface area contributed by atoms with Crippen LogP contribution in [0.4, 0.5) is 0 Å². The van der Waals surface area contributed by atoms with Gasteiger partial charge in [0.1, 0.15) is 0 Å². The van der Waals surface area contributed by atoms with E-state index in [0.717, 1.165) is 78.0 Å². The number of nitrogens with one attached hydrogen (secondary N) is 1. The minimum absolute atomic E-state index is 0.0178. The molecule has 0 atom stereocenters. The summed E-state index contributed by atoms with van der Waals surface area (Å²) in [5.74, 6) is 0.0398. The highest BCUT2D eigenvalue weighted by Gasteiger charge is 2.25. The number of amides is 2. The molecule has 32 heavy (non-hydrogen) atoms. The van der Waals surface area contributed by atoms with Crippen LogP contribution in [0.25, 0.3) is 11.3 Å². The van der Waals surface area contributed by atoms with Crippen molar-refractivity contribution in [3.05, 3.63) is 41.9 Å². The quantitative estimate of drug-likeness (QED) is 0.666. The minimum Gasteiger partial charge on any atom is -0.443 e. The van der Waals surface area contributed by atoms with Crippen molar-refractivity contribution in [1.82, 2.24) is 20.1 Å².